The molecule has 0 bridgehead atoms. The zero-order valence-electron chi connectivity index (χ0n) is 21.0. The van der Waals surface area contributed by atoms with Crippen LogP contribution in [0.15, 0.2) is 42.9 Å². The molecule has 6 rings (SSSR count). The number of primary amides is 1. The minimum Gasteiger partial charge on any atom is -0.364 e. The van der Waals surface area contributed by atoms with Crippen LogP contribution in [0, 0.1) is 0 Å². The third-order valence-electron chi connectivity index (χ3n) is 7.76. The molecule has 1 saturated carbocycles. The second kappa shape index (κ2) is 9.49. The van der Waals surface area contributed by atoms with E-state index in [1.54, 1.807) is 23.3 Å². The topological polar surface area (TPSA) is 122 Å². The zero-order chi connectivity index (χ0) is 25.5. The van der Waals surface area contributed by atoms with Crippen molar-refractivity contribution in [1.82, 2.24) is 24.6 Å². The van der Waals surface area contributed by atoms with Crippen molar-refractivity contribution in [2.75, 3.05) is 23.3 Å². The normalized spacial score (nSPS) is 21.4. The maximum Gasteiger partial charge on any atom is 0.271 e. The fraction of sp³-hybridized carbons (Fsp3) is 0.444. The van der Waals surface area contributed by atoms with Gasteiger partial charge >= 0.3 is 0 Å². The molecule has 192 valence electrons. The minimum absolute atomic E-state index is 0.0799. The van der Waals surface area contributed by atoms with Gasteiger partial charge in [0.05, 0.1) is 30.2 Å². The Morgan fingerprint density at radius 1 is 1.00 bits per heavy atom. The largest absolute Gasteiger partial charge is 0.364 e. The van der Waals surface area contributed by atoms with Crippen LogP contribution in [0.2, 0.25) is 0 Å². The molecule has 2 amide bonds. The van der Waals surface area contributed by atoms with Crippen LogP contribution in [0.4, 0.5) is 17.3 Å². The smallest absolute Gasteiger partial charge is 0.271 e. The van der Waals surface area contributed by atoms with Crippen molar-refractivity contribution in [1.29, 1.82) is 0 Å². The molecule has 3 fully saturated rings. The quantitative estimate of drug-likeness (QED) is 0.533. The number of nitrogens with one attached hydrogen (secondary N) is 1. The standard InChI is InChI=1S/C27H32N8O2/c1-33-16-20(14-30-33)31-26-24(25(28)36)29-15-23(32-26)34-12-2-5-22-21(34)4-3-13-35(22)27(37)19-10-8-18(9-11-19)17-6-7-17/h8-11,14-17,21-22H,2-7,12-13H2,1H3,(H2,28,36)(H,31,32)/t21-,22-/m0/s1. The van der Waals surface area contributed by atoms with Crippen LogP contribution in [-0.2, 0) is 7.05 Å². The van der Waals surface area contributed by atoms with E-state index in [0.29, 0.717) is 23.2 Å². The second-order valence-corrected chi connectivity index (χ2v) is 10.3. The molecule has 3 aromatic rings. The number of anilines is 3. The summed E-state index contributed by atoms with van der Waals surface area (Å²) in [5.41, 5.74) is 8.45. The fourth-order valence-corrected chi connectivity index (χ4v) is 5.81. The average molecular weight is 501 g/mol. The first-order valence-electron chi connectivity index (χ1n) is 13.1. The Hall–Kier alpha value is -3.95. The van der Waals surface area contributed by atoms with Gasteiger partial charge in [0.1, 0.15) is 5.82 Å². The lowest BCUT2D eigenvalue weighted by Crippen LogP contribution is -2.60. The summed E-state index contributed by atoms with van der Waals surface area (Å²) in [6, 6.07) is 8.45. The van der Waals surface area contributed by atoms with Crippen LogP contribution < -0.4 is 16.0 Å². The van der Waals surface area contributed by atoms with Crippen molar-refractivity contribution in [2.24, 2.45) is 12.8 Å². The molecule has 0 spiro atoms. The molecular formula is C27H32N8O2. The molecule has 10 heteroatoms. The summed E-state index contributed by atoms with van der Waals surface area (Å²) in [5.74, 6) is 1.11. The summed E-state index contributed by atoms with van der Waals surface area (Å²) >= 11 is 0. The molecule has 4 heterocycles. The SMILES string of the molecule is Cn1cc(Nc2nc(N3CCC[C@H]4[C@@H]3CCCN4C(=O)c3ccc(C4CC4)cc3)cnc2C(N)=O)cn1. The van der Waals surface area contributed by atoms with Gasteiger partial charge in [-0.15, -0.1) is 0 Å². The van der Waals surface area contributed by atoms with Crippen LogP contribution in [0.5, 0.6) is 0 Å². The number of amides is 2. The van der Waals surface area contributed by atoms with Gasteiger partial charge in [0.15, 0.2) is 11.5 Å². The lowest BCUT2D eigenvalue weighted by atomic mass is 9.87. The van der Waals surface area contributed by atoms with Gasteiger partial charge in [-0.1, -0.05) is 12.1 Å². The Labute approximate surface area is 215 Å². The van der Waals surface area contributed by atoms with Crippen LogP contribution in [0.3, 0.4) is 0 Å². The molecular weight excluding hydrogens is 468 g/mol. The summed E-state index contributed by atoms with van der Waals surface area (Å²) in [7, 11) is 1.81. The van der Waals surface area contributed by atoms with Crippen LogP contribution >= 0.6 is 0 Å². The van der Waals surface area contributed by atoms with E-state index >= 15 is 0 Å². The van der Waals surface area contributed by atoms with Gasteiger partial charge in [-0.05, 0) is 62.1 Å². The van der Waals surface area contributed by atoms with E-state index in [4.69, 9.17) is 10.7 Å². The maximum absolute atomic E-state index is 13.6. The first-order chi connectivity index (χ1) is 18.0. The predicted molar refractivity (Wildman–Crippen MR) is 140 cm³/mol. The van der Waals surface area contributed by atoms with Gasteiger partial charge in [0, 0.05) is 31.9 Å². The number of hydrogen-bond acceptors (Lipinski definition) is 7. The number of carbonyl (C=O) groups is 2. The number of fused-ring (bicyclic) bond motifs is 1. The molecule has 2 aliphatic heterocycles. The lowest BCUT2D eigenvalue weighted by molar-refractivity contribution is 0.0524. The lowest BCUT2D eigenvalue weighted by Gasteiger charge is -2.49. The van der Waals surface area contributed by atoms with E-state index in [1.165, 1.54) is 18.4 Å². The maximum atomic E-state index is 13.6. The van der Waals surface area contributed by atoms with Crippen molar-refractivity contribution in [2.45, 2.75) is 56.5 Å². The fourth-order valence-electron chi connectivity index (χ4n) is 5.81. The number of nitrogens with zero attached hydrogens (tertiary/aromatic N) is 6. The van der Waals surface area contributed by atoms with Crippen molar-refractivity contribution >= 4 is 29.1 Å². The van der Waals surface area contributed by atoms with Gasteiger partial charge < -0.3 is 20.9 Å². The summed E-state index contributed by atoms with van der Waals surface area (Å²) in [6.45, 7) is 1.58. The predicted octanol–water partition coefficient (Wildman–Crippen LogP) is 3.20. The summed E-state index contributed by atoms with van der Waals surface area (Å²) in [5, 5.41) is 7.30. The molecule has 1 aromatic carbocycles. The van der Waals surface area contributed by atoms with E-state index in [9.17, 15) is 9.59 Å². The Morgan fingerprint density at radius 3 is 2.46 bits per heavy atom. The number of carbonyl (C=O) groups excluding carboxylic acids is 2. The Morgan fingerprint density at radius 2 is 1.76 bits per heavy atom. The van der Waals surface area contributed by atoms with E-state index in [1.807, 2.05) is 19.2 Å². The number of piperidine rings is 2. The summed E-state index contributed by atoms with van der Waals surface area (Å²) < 4.78 is 1.66. The van der Waals surface area contributed by atoms with Crippen LogP contribution in [0.25, 0.3) is 0 Å². The highest BCUT2D eigenvalue weighted by Crippen LogP contribution is 2.40. The Balaban J connectivity index is 1.25. The number of aryl methyl sites for hydroxylation is 1. The highest BCUT2D eigenvalue weighted by molar-refractivity contribution is 5.96. The molecule has 3 aliphatic rings. The first-order valence-corrected chi connectivity index (χ1v) is 13.1. The number of hydrogen-bond donors (Lipinski definition) is 2. The second-order valence-electron chi connectivity index (χ2n) is 10.3. The minimum atomic E-state index is -0.649. The van der Waals surface area contributed by atoms with Crippen LogP contribution in [0.1, 0.15) is 70.9 Å². The van der Waals surface area contributed by atoms with Gasteiger partial charge in [-0.25, -0.2) is 9.97 Å². The van der Waals surface area contributed by atoms with Crippen molar-refractivity contribution < 1.29 is 9.59 Å². The van der Waals surface area contributed by atoms with E-state index < -0.39 is 5.91 Å². The average Bonchev–Trinajstić information content (AvgIpc) is 3.69. The molecule has 2 saturated heterocycles. The Bertz CT molecular complexity index is 1320. The van der Waals surface area contributed by atoms with Crippen molar-refractivity contribution in [3.8, 4) is 0 Å². The number of rotatable bonds is 6. The number of nitrogens with two attached hydrogens (primary N) is 1. The molecule has 10 nitrogen and oxygen atoms in total. The first kappa shape index (κ1) is 23.4. The highest BCUT2D eigenvalue weighted by Gasteiger charge is 2.41. The molecule has 0 radical (unpaired) electrons. The molecule has 2 aromatic heterocycles. The van der Waals surface area contributed by atoms with E-state index in [2.05, 4.69) is 37.3 Å². The van der Waals surface area contributed by atoms with E-state index in [0.717, 1.165) is 44.3 Å². The van der Waals surface area contributed by atoms with E-state index in [-0.39, 0.29) is 23.7 Å². The molecule has 3 N–H and O–H groups in total. The monoisotopic (exact) mass is 500 g/mol. The molecule has 1 aliphatic carbocycles. The van der Waals surface area contributed by atoms with Crippen molar-refractivity contribution in [3.63, 3.8) is 0 Å². The van der Waals surface area contributed by atoms with Crippen LogP contribution in [-0.4, -0.2) is 61.6 Å². The summed E-state index contributed by atoms with van der Waals surface area (Å²) in [4.78, 5) is 39.1. The van der Waals surface area contributed by atoms with Crippen molar-refractivity contribution in [3.05, 3.63) is 59.7 Å². The third kappa shape index (κ3) is 4.63. The van der Waals surface area contributed by atoms with Gasteiger partial charge in [0.25, 0.3) is 11.8 Å². The van der Waals surface area contributed by atoms with Gasteiger partial charge in [-0.3, -0.25) is 14.3 Å². The highest BCUT2D eigenvalue weighted by atomic mass is 16.2. The Kier molecular flexibility index (Phi) is 6.02. The zero-order valence-corrected chi connectivity index (χ0v) is 21.0. The number of aromatic nitrogens is 4. The summed E-state index contributed by atoms with van der Waals surface area (Å²) in [6.07, 6.45) is 11.4. The van der Waals surface area contributed by atoms with Gasteiger partial charge in [-0.2, -0.15) is 5.10 Å². The van der Waals surface area contributed by atoms with Gasteiger partial charge in [0.2, 0.25) is 0 Å². The molecule has 0 unspecified atom stereocenters. The number of benzene rings is 1. The number of likely N-dealkylation sites (tertiary alicyclic amines) is 1. The molecule has 2 atom stereocenters. The molecule has 37 heavy (non-hydrogen) atoms. The third-order valence-corrected chi connectivity index (χ3v) is 7.76.